The molecule has 9 heteroatoms. The molecular formula is C26H40O9. The van der Waals surface area contributed by atoms with Crippen LogP contribution in [-0.2, 0) is 14.3 Å². The standard InChI is InChI=1S/C26H40O9/c1-6-25(4)10-7-12-15(22(25)33)17(29)19(31)21-24(2,3)9-8-14(26(12,21)5)35-23-20(32)18(30)16(28)13(11-27)34-23/h6,13-14,16,18-23,27-28,30-33H,1,7-11H2,2-5H3/t13-,14+,16-,18+,19-,20-,21-,22-,23+,25-,26+/m1/s1. The number of fused-ring (bicyclic) bond motifs is 2. The minimum atomic E-state index is -1.58. The molecule has 198 valence electrons. The number of ketones is 1. The van der Waals surface area contributed by atoms with Crippen molar-refractivity contribution in [3.05, 3.63) is 23.8 Å². The van der Waals surface area contributed by atoms with Crippen molar-refractivity contribution < 1.29 is 44.9 Å². The quantitative estimate of drug-likeness (QED) is 0.299. The van der Waals surface area contributed by atoms with Crippen LogP contribution < -0.4 is 0 Å². The lowest BCUT2D eigenvalue weighted by molar-refractivity contribution is -0.326. The molecule has 1 saturated heterocycles. The van der Waals surface area contributed by atoms with Crippen LogP contribution in [0.3, 0.4) is 0 Å². The smallest absolute Gasteiger partial charge is 0.190 e. The van der Waals surface area contributed by atoms with Crippen LogP contribution in [0.4, 0.5) is 0 Å². The first-order chi connectivity index (χ1) is 16.2. The third-order valence-corrected chi connectivity index (χ3v) is 9.46. The average molecular weight is 497 g/mol. The summed E-state index contributed by atoms with van der Waals surface area (Å²) in [4.78, 5) is 13.5. The molecule has 0 aromatic heterocycles. The van der Waals surface area contributed by atoms with E-state index in [4.69, 9.17) is 9.47 Å². The first-order valence-corrected chi connectivity index (χ1v) is 12.5. The molecule has 0 aromatic rings. The Balaban J connectivity index is 1.79. The number of ether oxygens (including phenoxy) is 2. The van der Waals surface area contributed by atoms with Gasteiger partial charge in [0.1, 0.15) is 30.5 Å². The van der Waals surface area contributed by atoms with Gasteiger partial charge in [-0.1, -0.05) is 39.3 Å². The normalized spacial score (nSPS) is 49.9. The topological polar surface area (TPSA) is 157 Å². The molecular weight excluding hydrogens is 456 g/mol. The van der Waals surface area contributed by atoms with Crippen LogP contribution in [0.2, 0.25) is 0 Å². The Morgan fingerprint density at radius 1 is 1.06 bits per heavy atom. The number of carbonyl (C=O) groups excluding carboxylic acids is 1. The predicted molar refractivity (Wildman–Crippen MR) is 125 cm³/mol. The highest BCUT2D eigenvalue weighted by atomic mass is 16.7. The van der Waals surface area contributed by atoms with Gasteiger partial charge in [0.2, 0.25) is 0 Å². The number of aliphatic hydroxyl groups excluding tert-OH is 6. The van der Waals surface area contributed by atoms with Crippen molar-refractivity contribution in [1.82, 2.24) is 0 Å². The Morgan fingerprint density at radius 2 is 1.71 bits per heavy atom. The van der Waals surface area contributed by atoms with E-state index in [1.165, 1.54) is 0 Å². The number of Topliss-reactive ketones (excluding diaryl/α,β-unsaturated/α-hetero) is 1. The maximum Gasteiger partial charge on any atom is 0.190 e. The van der Waals surface area contributed by atoms with Crippen molar-refractivity contribution in [2.45, 2.75) is 102 Å². The molecule has 1 heterocycles. The SMILES string of the molecule is C=C[C@]1(C)CCC2=C(C(=O)[C@@H](O)[C@@H]3C(C)(C)CC[C@H](O[C@@H]4O[C@H](CO)[C@@H](O)[C@H](O)[C@H]4O)[C@]23C)[C@H]1O. The minimum absolute atomic E-state index is 0.213. The molecule has 0 radical (unpaired) electrons. The number of hydrogen-bond donors (Lipinski definition) is 6. The molecule has 6 N–H and O–H groups in total. The van der Waals surface area contributed by atoms with E-state index in [0.29, 0.717) is 25.7 Å². The van der Waals surface area contributed by atoms with Gasteiger partial charge in [0.15, 0.2) is 12.1 Å². The summed E-state index contributed by atoms with van der Waals surface area (Å²) in [5.41, 5.74) is -1.07. The molecule has 3 aliphatic carbocycles. The Labute approximate surface area is 206 Å². The zero-order valence-electron chi connectivity index (χ0n) is 20.9. The van der Waals surface area contributed by atoms with Crippen LogP contribution in [0.15, 0.2) is 23.8 Å². The summed E-state index contributed by atoms with van der Waals surface area (Å²) in [5.74, 6) is -0.991. The van der Waals surface area contributed by atoms with Crippen LogP contribution in [0.5, 0.6) is 0 Å². The Kier molecular flexibility index (Phi) is 6.90. The van der Waals surface area contributed by atoms with Gasteiger partial charge in [-0.05, 0) is 31.1 Å². The maximum absolute atomic E-state index is 13.5. The highest BCUT2D eigenvalue weighted by Crippen LogP contribution is 2.63. The summed E-state index contributed by atoms with van der Waals surface area (Å²) in [5, 5.41) is 63.2. The lowest BCUT2D eigenvalue weighted by atomic mass is 9.45. The van der Waals surface area contributed by atoms with Crippen LogP contribution in [-0.4, -0.2) is 92.0 Å². The average Bonchev–Trinajstić information content (AvgIpc) is 2.81. The fourth-order valence-electron chi connectivity index (χ4n) is 7.19. The summed E-state index contributed by atoms with van der Waals surface area (Å²) in [7, 11) is 0. The molecule has 0 amide bonds. The van der Waals surface area contributed by atoms with Gasteiger partial charge in [0.25, 0.3) is 0 Å². The molecule has 0 bridgehead atoms. The van der Waals surface area contributed by atoms with E-state index in [-0.39, 0.29) is 5.57 Å². The highest BCUT2D eigenvalue weighted by molar-refractivity contribution is 6.02. The molecule has 0 aromatic carbocycles. The molecule has 1 saturated carbocycles. The summed E-state index contributed by atoms with van der Waals surface area (Å²) >= 11 is 0. The fourth-order valence-corrected chi connectivity index (χ4v) is 7.19. The van der Waals surface area contributed by atoms with Gasteiger partial charge in [-0.3, -0.25) is 4.79 Å². The summed E-state index contributed by atoms with van der Waals surface area (Å²) in [6, 6.07) is 0. The van der Waals surface area contributed by atoms with Gasteiger partial charge in [-0.2, -0.15) is 0 Å². The third-order valence-electron chi connectivity index (χ3n) is 9.46. The lowest BCUT2D eigenvalue weighted by Gasteiger charge is -2.61. The molecule has 11 atom stereocenters. The predicted octanol–water partition coefficient (Wildman–Crippen LogP) is 0.201. The molecule has 9 nitrogen and oxygen atoms in total. The number of hydrogen-bond acceptors (Lipinski definition) is 9. The second kappa shape index (κ2) is 8.99. The van der Waals surface area contributed by atoms with E-state index in [9.17, 15) is 35.4 Å². The Bertz CT molecular complexity index is 897. The van der Waals surface area contributed by atoms with E-state index in [0.717, 1.165) is 5.57 Å². The number of rotatable bonds is 4. The second-order valence-electron chi connectivity index (χ2n) is 11.9. The van der Waals surface area contributed by atoms with Gasteiger partial charge in [-0.25, -0.2) is 0 Å². The van der Waals surface area contributed by atoms with Crippen LogP contribution >= 0.6 is 0 Å². The Hall–Kier alpha value is -1.17. The first-order valence-electron chi connectivity index (χ1n) is 12.5. The van der Waals surface area contributed by atoms with Gasteiger partial charge in [0.05, 0.1) is 18.8 Å². The first kappa shape index (κ1) is 26.9. The summed E-state index contributed by atoms with van der Waals surface area (Å²) in [6.45, 7) is 11.1. The van der Waals surface area contributed by atoms with E-state index in [1.54, 1.807) is 6.08 Å². The summed E-state index contributed by atoms with van der Waals surface area (Å²) < 4.78 is 11.9. The lowest BCUT2D eigenvalue weighted by Crippen LogP contribution is -2.65. The van der Waals surface area contributed by atoms with E-state index >= 15 is 0 Å². The molecule has 2 fully saturated rings. The largest absolute Gasteiger partial charge is 0.394 e. The molecule has 0 unspecified atom stereocenters. The van der Waals surface area contributed by atoms with Crippen molar-refractivity contribution in [3.8, 4) is 0 Å². The molecule has 1 aliphatic heterocycles. The maximum atomic E-state index is 13.5. The second-order valence-corrected chi connectivity index (χ2v) is 11.9. The van der Waals surface area contributed by atoms with Crippen LogP contribution in [0.25, 0.3) is 0 Å². The van der Waals surface area contributed by atoms with Gasteiger partial charge < -0.3 is 40.1 Å². The number of carbonyl (C=O) groups is 1. The monoisotopic (exact) mass is 496 g/mol. The molecule has 0 spiro atoms. The fraction of sp³-hybridized carbons (Fsp3) is 0.808. The zero-order chi connectivity index (χ0) is 26.1. The van der Waals surface area contributed by atoms with Crippen LogP contribution in [0.1, 0.15) is 53.4 Å². The summed E-state index contributed by atoms with van der Waals surface area (Å²) in [6.07, 6.45) is -6.33. The zero-order valence-corrected chi connectivity index (χ0v) is 20.9. The van der Waals surface area contributed by atoms with E-state index < -0.39 is 83.6 Å². The Morgan fingerprint density at radius 3 is 2.31 bits per heavy atom. The van der Waals surface area contributed by atoms with E-state index in [2.05, 4.69) is 6.58 Å². The molecule has 4 rings (SSSR count). The van der Waals surface area contributed by atoms with Crippen molar-refractivity contribution in [1.29, 1.82) is 0 Å². The number of aliphatic hydroxyl groups is 6. The van der Waals surface area contributed by atoms with Gasteiger partial charge in [-0.15, -0.1) is 6.58 Å². The van der Waals surface area contributed by atoms with E-state index in [1.807, 2.05) is 27.7 Å². The van der Waals surface area contributed by atoms with Crippen molar-refractivity contribution in [2.24, 2.45) is 22.2 Å². The van der Waals surface area contributed by atoms with Crippen molar-refractivity contribution in [3.63, 3.8) is 0 Å². The van der Waals surface area contributed by atoms with Crippen molar-refractivity contribution >= 4 is 5.78 Å². The van der Waals surface area contributed by atoms with Gasteiger partial charge in [0, 0.05) is 22.3 Å². The van der Waals surface area contributed by atoms with Crippen molar-refractivity contribution in [2.75, 3.05) is 6.61 Å². The third kappa shape index (κ3) is 3.87. The highest BCUT2D eigenvalue weighted by Gasteiger charge is 2.64. The van der Waals surface area contributed by atoms with Crippen LogP contribution in [0, 0.1) is 22.2 Å². The molecule has 35 heavy (non-hydrogen) atoms. The molecule has 4 aliphatic rings. The van der Waals surface area contributed by atoms with Gasteiger partial charge >= 0.3 is 0 Å². The minimum Gasteiger partial charge on any atom is -0.394 e.